The minimum absolute atomic E-state index is 0. The molecule has 0 aliphatic heterocycles. The Morgan fingerprint density at radius 2 is 1.86 bits per heavy atom. The number of nitrogens with two attached hydrogens (primary N) is 1. The van der Waals surface area contributed by atoms with E-state index in [9.17, 15) is 0 Å². The van der Waals surface area contributed by atoms with Crippen molar-refractivity contribution in [2.24, 2.45) is 5.73 Å². The minimum Gasteiger partial charge on any atom is -0.396 e. The molecule has 0 aliphatic rings. The molecule has 0 fully saturated rings. The summed E-state index contributed by atoms with van der Waals surface area (Å²) in [5, 5.41) is 8.72. The molecule has 3 heteroatoms. The van der Waals surface area contributed by atoms with Gasteiger partial charge in [0.05, 0.1) is 0 Å². The second-order valence-corrected chi connectivity index (χ2v) is 3.21. The van der Waals surface area contributed by atoms with Gasteiger partial charge in [-0.05, 0) is 24.0 Å². The molecule has 0 bridgehead atoms. The van der Waals surface area contributed by atoms with Crippen LogP contribution in [-0.4, -0.2) is 11.7 Å². The summed E-state index contributed by atoms with van der Waals surface area (Å²) in [5.41, 5.74) is 8.26. The fourth-order valence-corrected chi connectivity index (χ4v) is 1.31. The molecule has 80 valence electrons. The number of aliphatic hydroxyl groups is 1. The zero-order chi connectivity index (χ0) is 9.68. The standard InChI is InChI=1S/C11H17NO.ClH/c1-2-9-3-5-10(6-4-9)11(12)7-8-13;/h3-6,11,13H,2,7-8,12H2,1H3;1H/t11-;/m0./s1. The third-order valence-corrected chi connectivity index (χ3v) is 2.26. The summed E-state index contributed by atoms with van der Waals surface area (Å²) in [7, 11) is 0. The van der Waals surface area contributed by atoms with Crippen LogP contribution >= 0.6 is 12.4 Å². The summed E-state index contributed by atoms with van der Waals surface area (Å²) in [4.78, 5) is 0. The third-order valence-electron chi connectivity index (χ3n) is 2.26. The molecule has 1 rings (SSSR count). The SMILES string of the molecule is CCc1ccc([C@@H](N)CCO)cc1.Cl. The van der Waals surface area contributed by atoms with Gasteiger partial charge in [0.1, 0.15) is 0 Å². The summed E-state index contributed by atoms with van der Waals surface area (Å²) < 4.78 is 0. The lowest BCUT2D eigenvalue weighted by atomic mass is 10.0. The molecule has 0 unspecified atom stereocenters. The first-order valence-electron chi connectivity index (χ1n) is 4.73. The molecular formula is C11H18ClNO. The Morgan fingerprint density at radius 3 is 2.29 bits per heavy atom. The van der Waals surface area contributed by atoms with Crippen molar-refractivity contribution in [1.29, 1.82) is 0 Å². The predicted molar refractivity (Wildman–Crippen MR) is 61.7 cm³/mol. The largest absolute Gasteiger partial charge is 0.396 e. The number of hydrogen-bond acceptors (Lipinski definition) is 2. The number of hydrogen-bond donors (Lipinski definition) is 2. The molecule has 1 atom stereocenters. The van der Waals surface area contributed by atoms with Crippen molar-refractivity contribution < 1.29 is 5.11 Å². The van der Waals surface area contributed by atoms with E-state index in [-0.39, 0.29) is 25.1 Å². The van der Waals surface area contributed by atoms with E-state index in [0.29, 0.717) is 6.42 Å². The van der Waals surface area contributed by atoms with Crippen molar-refractivity contribution in [3.8, 4) is 0 Å². The van der Waals surface area contributed by atoms with E-state index >= 15 is 0 Å². The van der Waals surface area contributed by atoms with E-state index in [4.69, 9.17) is 10.8 Å². The van der Waals surface area contributed by atoms with Gasteiger partial charge in [0.15, 0.2) is 0 Å². The smallest absolute Gasteiger partial charge is 0.0449 e. The maximum atomic E-state index is 8.72. The van der Waals surface area contributed by atoms with Crippen LogP contribution in [0.15, 0.2) is 24.3 Å². The highest BCUT2D eigenvalue weighted by Crippen LogP contribution is 2.14. The molecule has 1 aromatic carbocycles. The number of halogens is 1. The molecule has 0 saturated heterocycles. The zero-order valence-corrected chi connectivity index (χ0v) is 9.26. The second-order valence-electron chi connectivity index (χ2n) is 3.21. The van der Waals surface area contributed by atoms with E-state index in [0.717, 1.165) is 12.0 Å². The number of aryl methyl sites for hydroxylation is 1. The van der Waals surface area contributed by atoms with Gasteiger partial charge in [0.2, 0.25) is 0 Å². The van der Waals surface area contributed by atoms with Crippen LogP contribution in [0.25, 0.3) is 0 Å². The highest BCUT2D eigenvalue weighted by atomic mass is 35.5. The van der Waals surface area contributed by atoms with Crippen LogP contribution in [0.3, 0.4) is 0 Å². The lowest BCUT2D eigenvalue weighted by Gasteiger charge is -2.10. The van der Waals surface area contributed by atoms with Crippen LogP contribution in [0.1, 0.15) is 30.5 Å². The summed E-state index contributed by atoms with van der Waals surface area (Å²) in [5.74, 6) is 0. The molecule has 0 aliphatic carbocycles. The highest BCUT2D eigenvalue weighted by Gasteiger charge is 2.03. The molecule has 14 heavy (non-hydrogen) atoms. The molecule has 2 nitrogen and oxygen atoms in total. The molecule has 0 amide bonds. The van der Waals surface area contributed by atoms with Crippen LogP contribution in [0.5, 0.6) is 0 Å². The fraction of sp³-hybridized carbons (Fsp3) is 0.455. The second kappa shape index (κ2) is 6.82. The van der Waals surface area contributed by atoms with Gasteiger partial charge in [-0.3, -0.25) is 0 Å². The van der Waals surface area contributed by atoms with E-state index in [2.05, 4.69) is 19.1 Å². The highest BCUT2D eigenvalue weighted by molar-refractivity contribution is 5.85. The van der Waals surface area contributed by atoms with Gasteiger partial charge < -0.3 is 10.8 Å². The van der Waals surface area contributed by atoms with Gasteiger partial charge in [-0.2, -0.15) is 0 Å². The van der Waals surface area contributed by atoms with Gasteiger partial charge >= 0.3 is 0 Å². The third kappa shape index (κ3) is 3.66. The van der Waals surface area contributed by atoms with E-state index in [1.165, 1.54) is 5.56 Å². The minimum atomic E-state index is -0.0316. The molecule has 0 aromatic heterocycles. The average molecular weight is 216 g/mol. The average Bonchev–Trinajstić information content (AvgIpc) is 2.18. The number of rotatable bonds is 4. The van der Waals surface area contributed by atoms with Crippen molar-refractivity contribution >= 4 is 12.4 Å². The zero-order valence-electron chi connectivity index (χ0n) is 8.44. The molecule has 0 spiro atoms. The molecule has 0 radical (unpaired) electrons. The van der Waals surface area contributed by atoms with Crippen LogP contribution < -0.4 is 5.73 Å². The van der Waals surface area contributed by atoms with E-state index in [1.807, 2.05) is 12.1 Å². The maximum Gasteiger partial charge on any atom is 0.0449 e. The maximum absolute atomic E-state index is 8.72. The first-order chi connectivity index (χ1) is 6.27. The van der Waals surface area contributed by atoms with Gasteiger partial charge in [-0.15, -0.1) is 12.4 Å². The molecular weight excluding hydrogens is 198 g/mol. The van der Waals surface area contributed by atoms with E-state index in [1.54, 1.807) is 0 Å². The van der Waals surface area contributed by atoms with Crippen LogP contribution in [0.4, 0.5) is 0 Å². The van der Waals surface area contributed by atoms with Crippen molar-refractivity contribution in [3.05, 3.63) is 35.4 Å². The summed E-state index contributed by atoms with van der Waals surface area (Å²) >= 11 is 0. The van der Waals surface area contributed by atoms with Crippen molar-refractivity contribution in [3.63, 3.8) is 0 Å². The topological polar surface area (TPSA) is 46.2 Å². The normalized spacial score (nSPS) is 11.9. The fourth-order valence-electron chi connectivity index (χ4n) is 1.31. The lowest BCUT2D eigenvalue weighted by Crippen LogP contribution is -2.11. The molecule has 0 heterocycles. The first-order valence-corrected chi connectivity index (χ1v) is 4.73. The van der Waals surface area contributed by atoms with Crippen molar-refractivity contribution in [2.75, 3.05) is 6.61 Å². The van der Waals surface area contributed by atoms with Crippen molar-refractivity contribution in [1.82, 2.24) is 0 Å². The Morgan fingerprint density at radius 1 is 1.29 bits per heavy atom. The summed E-state index contributed by atoms with van der Waals surface area (Å²) in [6, 6.07) is 8.23. The van der Waals surface area contributed by atoms with Gasteiger partial charge in [0, 0.05) is 12.6 Å². The lowest BCUT2D eigenvalue weighted by molar-refractivity contribution is 0.276. The Hall–Kier alpha value is -0.570. The van der Waals surface area contributed by atoms with Crippen LogP contribution in [-0.2, 0) is 6.42 Å². The number of aliphatic hydroxyl groups excluding tert-OH is 1. The Labute approximate surface area is 91.5 Å². The Kier molecular flexibility index (Phi) is 6.54. The van der Waals surface area contributed by atoms with Crippen LogP contribution in [0, 0.1) is 0 Å². The first kappa shape index (κ1) is 13.4. The predicted octanol–water partition coefficient (Wildman–Crippen LogP) is 2.05. The van der Waals surface area contributed by atoms with Gasteiger partial charge in [-0.25, -0.2) is 0 Å². The van der Waals surface area contributed by atoms with Crippen LogP contribution in [0.2, 0.25) is 0 Å². The monoisotopic (exact) mass is 215 g/mol. The summed E-state index contributed by atoms with van der Waals surface area (Å²) in [6.45, 7) is 2.28. The Balaban J connectivity index is 0.00000169. The van der Waals surface area contributed by atoms with Gasteiger partial charge in [-0.1, -0.05) is 31.2 Å². The summed E-state index contributed by atoms with van der Waals surface area (Å²) in [6.07, 6.45) is 1.68. The molecule has 0 saturated carbocycles. The quantitative estimate of drug-likeness (QED) is 0.808. The van der Waals surface area contributed by atoms with E-state index < -0.39 is 0 Å². The van der Waals surface area contributed by atoms with Crippen molar-refractivity contribution in [2.45, 2.75) is 25.8 Å². The molecule has 1 aromatic rings. The molecule has 3 N–H and O–H groups in total. The number of benzene rings is 1. The Bertz CT molecular complexity index is 248. The van der Waals surface area contributed by atoms with Gasteiger partial charge in [0.25, 0.3) is 0 Å².